The third-order valence-electron chi connectivity index (χ3n) is 3.53. The van der Waals surface area contributed by atoms with Crippen molar-refractivity contribution in [3.8, 4) is 0 Å². The van der Waals surface area contributed by atoms with E-state index in [1.807, 2.05) is 7.05 Å². The average Bonchev–Trinajstić information content (AvgIpc) is 2.44. The molecule has 110 valence electrons. The second kappa shape index (κ2) is 6.26. The summed E-state index contributed by atoms with van der Waals surface area (Å²) in [6.07, 6.45) is 1.86. The van der Waals surface area contributed by atoms with Gasteiger partial charge in [-0.1, -0.05) is 0 Å². The number of halogens is 3. The number of hydrogen-bond donors (Lipinski definition) is 1. The van der Waals surface area contributed by atoms with Crippen LogP contribution < -0.4 is 5.32 Å². The molecular formula is C14H17F3N2O. The number of benzene rings is 1. The molecule has 20 heavy (non-hydrogen) atoms. The molecule has 1 atom stereocenters. The van der Waals surface area contributed by atoms with Gasteiger partial charge in [-0.25, -0.2) is 13.2 Å². The van der Waals surface area contributed by atoms with Crippen LogP contribution in [0.4, 0.5) is 13.2 Å². The first-order valence-electron chi connectivity index (χ1n) is 6.61. The van der Waals surface area contributed by atoms with Gasteiger partial charge in [0.15, 0.2) is 17.5 Å². The monoisotopic (exact) mass is 286 g/mol. The second-order valence-electron chi connectivity index (χ2n) is 5.07. The van der Waals surface area contributed by atoms with E-state index in [1.54, 1.807) is 4.90 Å². The van der Waals surface area contributed by atoms with Gasteiger partial charge < -0.3 is 10.2 Å². The molecule has 1 N–H and O–H groups in total. The van der Waals surface area contributed by atoms with Crippen molar-refractivity contribution in [2.75, 3.05) is 26.7 Å². The maximum Gasteiger partial charge on any atom is 0.254 e. The number of amides is 1. The molecule has 6 heteroatoms. The molecule has 0 aliphatic carbocycles. The Morgan fingerprint density at radius 3 is 2.60 bits per heavy atom. The molecule has 1 aliphatic rings. The molecule has 1 aromatic carbocycles. The van der Waals surface area contributed by atoms with Crippen molar-refractivity contribution in [1.29, 1.82) is 0 Å². The summed E-state index contributed by atoms with van der Waals surface area (Å²) in [4.78, 5) is 13.8. The Bertz CT molecular complexity index is 482. The van der Waals surface area contributed by atoms with Crippen molar-refractivity contribution >= 4 is 5.91 Å². The van der Waals surface area contributed by atoms with Crippen LogP contribution in [-0.2, 0) is 0 Å². The van der Waals surface area contributed by atoms with E-state index < -0.39 is 23.4 Å². The zero-order chi connectivity index (χ0) is 14.7. The lowest BCUT2D eigenvalue weighted by Crippen LogP contribution is -2.42. The van der Waals surface area contributed by atoms with E-state index in [0.29, 0.717) is 19.0 Å². The van der Waals surface area contributed by atoms with Crippen molar-refractivity contribution in [3.63, 3.8) is 0 Å². The van der Waals surface area contributed by atoms with E-state index in [4.69, 9.17) is 0 Å². The highest BCUT2D eigenvalue weighted by Crippen LogP contribution is 2.20. The number of piperidine rings is 1. The largest absolute Gasteiger partial charge is 0.338 e. The van der Waals surface area contributed by atoms with Crippen LogP contribution in [0.2, 0.25) is 0 Å². The summed E-state index contributed by atoms with van der Waals surface area (Å²) in [6, 6.07) is 1.50. The number of carbonyl (C=O) groups excluding carboxylic acids is 1. The number of nitrogens with one attached hydrogen (secondary N) is 1. The third-order valence-corrected chi connectivity index (χ3v) is 3.53. The first kappa shape index (κ1) is 14.8. The highest BCUT2D eigenvalue weighted by Gasteiger charge is 2.25. The van der Waals surface area contributed by atoms with Crippen molar-refractivity contribution in [3.05, 3.63) is 35.1 Å². The van der Waals surface area contributed by atoms with Gasteiger partial charge in [0.1, 0.15) is 0 Å². The van der Waals surface area contributed by atoms with Crippen LogP contribution in [0, 0.1) is 23.4 Å². The molecule has 1 aliphatic heterocycles. The molecule has 0 spiro atoms. The van der Waals surface area contributed by atoms with Gasteiger partial charge >= 0.3 is 0 Å². The Hall–Kier alpha value is -1.56. The zero-order valence-corrected chi connectivity index (χ0v) is 11.3. The number of likely N-dealkylation sites (tertiary alicyclic amines) is 1. The number of carbonyl (C=O) groups is 1. The maximum atomic E-state index is 13.2. The van der Waals surface area contributed by atoms with Gasteiger partial charge in [-0.3, -0.25) is 4.79 Å². The highest BCUT2D eigenvalue weighted by molar-refractivity contribution is 5.94. The summed E-state index contributed by atoms with van der Waals surface area (Å²) in [5.74, 6) is -4.35. The Kier molecular flexibility index (Phi) is 4.65. The molecular weight excluding hydrogens is 269 g/mol. The lowest BCUT2D eigenvalue weighted by molar-refractivity contribution is 0.0673. The SMILES string of the molecule is CNCC1CCCN(C(=O)c2cc(F)c(F)c(F)c2)C1. The van der Waals surface area contributed by atoms with Crippen molar-refractivity contribution in [2.45, 2.75) is 12.8 Å². The molecule has 1 fully saturated rings. The molecule has 1 amide bonds. The summed E-state index contributed by atoms with van der Waals surface area (Å²) in [5.41, 5.74) is -0.147. The standard InChI is InChI=1S/C14H17F3N2O/c1-18-7-9-3-2-4-19(8-9)14(20)10-5-11(15)13(17)12(16)6-10/h5-6,9,18H,2-4,7-8H2,1H3. The van der Waals surface area contributed by atoms with E-state index in [9.17, 15) is 18.0 Å². The van der Waals surface area contributed by atoms with E-state index >= 15 is 0 Å². The Labute approximate surface area is 115 Å². The van der Waals surface area contributed by atoms with Gasteiger partial charge in [-0.2, -0.15) is 0 Å². The van der Waals surface area contributed by atoms with E-state index in [2.05, 4.69) is 5.32 Å². The lowest BCUT2D eigenvalue weighted by Gasteiger charge is -2.32. The third kappa shape index (κ3) is 3.12. The van der Waals surface area contributed by atoms with Crippen LogP contribution in [0.15, 0.2) is 12.1 Å². The van der Waals surface area contributed by atoms with Crippen molar-refractivity contribution < 1.29 is 18.0 Å². The van der Waals surface area contributed by atoms with Crippen LogP contribution in [0.3, 0.4) is 0 Å². The summed E-state index contributed by atoms with van der Waals surface area (Å²) in [6.45, 7) is 1.88. The first-order valence-corrected chi connectivity index (χ1v) is 6.61. The number of rotatable bonds is 3. The van der Waals surface area contributed by atoms with Crippen LogP contribution in [0.5, 0.6) is 0 Å². The maximum absolute atomic E-state index is 13.2. The topological polar surface area (TPSA) is 32.3 Å². The van der Waals surface area contributed by atoms with Gasteiger partial charge in [0.05, 0.1) is 0 Å². The molecule has 0 bridgehead atoms. The van der Waals surface area contributed by atoms with Gasteiger partial charge in [0.25, 0.3) is 5.91 Å². The zero-order valence-electron chi connectivity index (χ0n) is 11.3. The number of hydrogen-bond acceptors (Lipinski definition) is 2. The first-order chi connectivity index (χ1) is 9.52. The summed E-state index contributed by atoms with van der Waals surface area (Å²) >= 11 is 0. The predicted molar refractivity (Wildman–Crippen MR) is 68.9 cm³/mol. The fourth-order valence-corrected chi connectivity index (χ4v) is 2.57. The Morgan fingerprint density at radius 1 is 1.35 bits per heavy atom. The summed E-state index contributed by atoms with van der Waals surface area (Å²) in [5, 5.41) is 3.05. The van der Waals surface area contributed by atoms with Gasteiger partial charge in [-0.15, -0.1) is 0 Å². The van der Waals surface area contributed by atoms with Crippen LogP contribution in [0.1, 0.15) is 23.2 Å². The highest BCUT2D eigenvalue weighted by atomic mass is 19.2. The predicted octanol–water partition coefficient (Wildman–Crippen LogP) is 2.18. The Balaban J connectivity index is 2.14. The van der Waals surface area contributed by atoms with Crippen molar-refractivity contribution in [1.82, 2.24) is 10.2 Å². The van der Waals surface area contributed by atoms with Crippen LogP contribution in [-0.4, -0.2) is 37.5 Å². The van der Waals surface area contributed by atoms with E-state index in [1.165, 1.54) is 0 Å². The summed E-state index contributed by atoms with van der Waals surface area (Å²) < 4.78 is 39.2. The Morgan fingerprint density at radius 2 is 2.00 bits per heavy atom. The van der Waals surface area contributed by atoms with Gasteiger partial charge in [0.2, 0.25) is 0 Å². The van der Waals surface area contributed by atoms with Gasteiger partial charge in [-0.05, 0) is 44.5 Å². The molecule has 0 aromatic heterocycles. The number of nitrogens with zero attached hydrogens (tertiary/aromatic N) is 1. The second-order valence-corrected chi connectivity index (χ2v) is 5.07. The lowest BCUT2D eigenvalue weighted by atomic mass is 9.97. The fourth-order valence-electron chi connectivity index (χ4n) is 2.57. The minimum atomic E-state index is -1.55. The van der Waals surface area contributed by atoms with Crippen LogP contribution in [0.25, 0.3) is 0 Å². The summed E-state index contributed by atoms with van der Waals surface area (Å²) in [7, 11) is 1.84. The minimum absolute atomic E-state index is 0.147. The molecule has 0 saturated carbocycles. The smallest absolute Gasteiger partial charge is 0.254 e. The molecule has 1 heterocycles. The molecule has 1 unspecified atom stereocenters. The molecule has 0 radical (unpaired) electrons. The van der Waals surface area contributed by atoms with E-state index in [-0.39, 0.29) is 5.56 Å². The molecule has 3 nitrogen and oxygen atoms in total. The normalized spacial score (nSPS) is 19.2. The van der Waals surface area contributed by atoms with E-state index in [0.717, 1.165) is 31.5 Å². The van der Waals surface area contributed by atoms with Gasteiger partial charge in [0, 0.05) is 18.7 Å². The molecule has 1 saturated heterocycles. The molecule has 2 rings (SSSR count). The quantitative estimate of drug-likeness (QED) is 0.864. The minimum Gasteiger partial charge on any atom is -0.338 e. The fraction of sp³-hybridized carbons (Fsp3) is 0.500. The van der Waals surface area contributed by atoms with Crippen molar-refractivity contribution in [2.24, 2.45) is 5.92 Å². The average molecular weight is 286 g/mol. The molecule has 1 aromatic rings. The van der Waals surface area contributed by atoms with Crippen LogP contribution >= 0.6 is 0 Å².